The van der Waals surface area contributed by atoms with Crippen molar-refractivity contribution >= 4 is 11.6 Å². The summed E-state index contributed by atoms with van der Waals surface area (Å²) in [5.74, 6) is -0.575. The molecule has 6 heteroatoms. The summed E-state index contributed by atoms with van der Waals surface area (Å²) in [7, 11) is 0. The van der Waals surface area contributed by atoms with E-state index in [-0.39, 0.29) is 11.4 Å². The highest BCUT2D eigenvalue weighted by Crippen LogP contribution is 2.28. The van der Waals surface area contributed by atoms with Gasteiger partial charge in [-0.2, -0.15) is 0 Å². The Kier molecular flexibility index (Phi) is 4.03. The van der Waals surface area contributed by atoms with Crippen LogP contribution in [-0.4, -0.2) is 16.9 Å². The van der Waals surface area contributed by atoms with Crippen LogP contribution in [0.25, 0.3) is 0 Å². The Labute approximate surface area is 98.5 Å². The number of nitro groups is 1. The van der Waals surface area contributed by atoms with Gasteiger partial charge >= 0.3 is 5.69 Å². The zero-order chi connectivity index (χ0) is 13.0. The lowest BCUT2D eigenvalue weighted by Crippen LogP contribution is -2.33. The molecular weight excluding hydrogens is 224 g/mol. The lowest BCUT2D eigenvalue weighted by atomic mass is 10.2. The molecule has 1 aromatic rings. The maximum Gasteiger partial charge on any atom is 0.311 e. The Morgan fingerprint density at radius 1 is 1.59 bits per heavy atom. The van der Waals surface area contributed by atoms with Crippen molar-refractivity contribution < 1.29 is 14.5 Å². The van der Waals surface area contributed by atoms with E-state index in [1.54, 1.807) is 19.9 Å². The first-order valence-corrected chi connectivity index (χ1v) is 5.16. The van der Waals surface area contributed by atoms with Gasteiger partial charge in [-0.3, -0.25) is 14.9 Å². The van der Waals surface area contributed by atoms with Gasteiger partial charge in [-0.1, -0.05) is 13.0 Å². The molecule has 1 aromatic carbocycles. The highest BCUT2D eigenvalue weighted by molar-refractivity contribution is 5.79. The van der Waals surface area contributed by atoms with Crippen LogP contribution >= 0.6 is 0 Å². The summed E-state index contributed by atoms with van der Waals surface area (Å²) in [6.45, 7) is 3.46. The summed E-state index contributed by atoms with van der Waals surface area (Å²) >= 11 is 0. The molecule has 0 aliphatic carbocycles. The van der Waals surface area contributed by atoms with Gasteiger partial charge in [0.2, 0.25) is 0 Å². The fourth-order valence-corrected chi connectivity index (χ4v) is 1.37. The first-order chi connectivity index (χ1) is 7.95. The van der Waals surface area contributed by atoms with Gasteiger partial charge in [0.1, 0.15) is 0 Å². The normalized spacial score (nSPS) is 11.9. The first kappa shape index (κ1) is 13.0. The smallest absolute Gasteiger partial charge is 0.311 e. The number of hydrogen-bond acceptors (Lipinski definition) is 4. The van der Waals surface area contributed by atoms with E-state index in [0.717, 1.165) is 5.56 Å². The molecule has 0 aliphatic heterocycles. The molecule has 1 unspecified atom stereocenters. The van der Waals surface area contributed by atoms with Crippen molar-refractivity contribution in [1.82, 2.24) is 0 Å². The lowest BCUT2D eigenvalue weighted by molar-refractivity contribution is -0.386. The number of aryl methyl sites for hydroxylation is 1. The number of rotatable bonds is 5. The molecule has 1 atom stereocenters. The van der Waals surface area contributed by atoms with Crippen molar-refractivity contribution in [3.05, 3.63) is 33.9 Å². The number of carbonyl (C=O) groups excluding carboxylic acids is 1. The minimum absolute atomic E-state index is 0.0613. The molecule has 0 radical (unpaired) electrons. The summed E-state index contributed by atoms with van der Waals surface area (Å²) in [6, 6.07) is 4.54. The van der Waals surface area contributed by atoms with Crippen LogP contribution < -0.4 is 10.5 Å². The molecule has 0 bridgehead atoms. The third-order valence-corrected chi connectivity index (χ3v) is 2.27. The third kappa shape index (κ3) is 3.17. The second-order valence-electron chi connectivity index (χ2n) is 3.65. The highest BCUT2D eigenvalue weighted by atomic mass is 16.6. The van der Waals surface area contributed by atoms with Crippen LogP contribution in [-0.2, 0) is 4.79 Å². The van der Waals surface area contributed by atoms with Crippen molar-refractivity contribution in [1.29, 1.82) is 0 Å². The molecular formula is C11H14N2O4. The molecule has 0 saturated carbocycles. The minimum atomic E-state index is -0.851. The average Bonchev–Trinajstić information content (AvgIpc) is 2.26. The van der Waals surface area contributed by atoms with Gasteiger partial charge in [0.25, 0.3) is 5.91 Å². The molecule has 1 rings (SSSR count). The standard InChI is InChI=1S/C11H14N2O4/c1-3-9(11(12)14)17-10-5-4-7(2)6-8(10)13(15)16/h4-6,9H,3H2,1-2H3,(H2,12,14). The average molecular weight is 238 g/mol. The van der Waals surface area contributed by atoms with Crippen molar-refractivity contribution in [2.45, 2.75) is 26.4 Å². The maximum absolute atomic E-state index is 11.0. The van der Waals surface area contributed by atoms with Gasteiger partial charge in [0.15, 0.2) is 11.9 Å². The number of nitrogens with zero attached hydrogens (tertiary/aromatic N) is 1. The monoisotopic (exact) mass is 238 g/mol. The van der Waals surface area contributed by atoms with E-state index < -0.39 is 16.9 Å². The molecule has 0 saturated heterocycles. The topological polar surface area (TPSA) is 95.5 Å². The molecule has 0 spiro atoms. The van der Waals surface area contributed by atoms with Crippen LogP contribution in [0.4, 0.5) is 5.69 Å². The third-order valence-electron chi connectivity index (χ3n) is 2.27. The number of carbonyl (C=O) groups is 1. The largest absolute Gasteiger partial charge is 0.473 e. The molecule has 0 aromatic heterocycles. The second kappa shape index (κ2) is 5.29. The van der Waals surface area contributed by atoms with Crippen LogP contribution in [0, 0.1) is 17.0 Å². The first-order valence-electron chi connectivity index (χ1n) is 5.16. The minimum Gasteiger partial charge on any atom is -0.473 e. The van der Waals surface area contributed by atoms with E-state index in [0.29, 0.717) is 6.42 Å². The van der Waals surface area contributed by atoms with Crippen LogP contribution in [0.5, 0.6) is 5.75 Å². The Bertz CT molecular complexity index is 445. The van der Waals surface area contributed by atoms with E-state index in [4.69, 9.17) is 10.5 Å². The van der Waals surface area contributed by atoms with E-state index in [1.165, 1.54) is 12.1 Å². The van der Waals surface area contributed by atoms with Gasteiger partial charge in [-0.25, -0.2) is 0 Å². The quantitative estimate of drug-likeness (QED) is 0.621. The molecule has 1 amide bonds. The summed E-state index contributed by atoms with van der Waals surface area (Å²) in [5, 5.41) is 10.8. The van der Waals surface area contributed by atoms with E-state index in [2.05, 4.69) is 0 Å². The predicted molar refractivity (Wildman–Crippen MR) is 61.7 cm³/mol. The number of hydrogen-bond donors (Lipinski definition) is 1. The Morgan fingerprint density at radius 2 is 2.24 bits per heavy atom. The molecule has 6 nitrogen and oxygen atoms in total. The second-order valence-corrected chi connectivity index (χ2v) is 3.65. The Balaban J connectivity index is 3.05. The molecule has 17 heavy (non-hydrogen) atoms. The highest BCUT2D eigenvalue weighted by Gasteiger charge is 2.21. The van der Waals surface area contributed by atoms with Gasteiger partial charge in [-0.15, -0.1) is 0 Å². The van der Waals surface area contributed by atoms with Crippen LogP contribution in [0.15, 0.2) is 18.2 Å². The van der Waals surface area contributed by atoms with Gasteiger partial charge in [-0.05, 0) is 25.0 Å². The number of benzene rings is 1. The fraction of sp³-hybridized carbons (Fsp3) is 0.364. The molecule has 0 heterocycles. The van der Waals surface area contributed by atoms with Crippen LogP contribution in [0.2, 0.25) is 0 Å². The van der Waals surface area contributed by atoms with Crippen LogP contribution in [0.1, 0.15) is 18.9 Å². The summed E-state index contributed by atoms with van der Waals surface area (Å²) < 4.78 is 5.26. The number of amides is 1. The van der Waals surface area contributed by atoms with Crippen molar-refractivity contribution in [3.8, 4) is 5.75 Å². The van der Waals surface area contributed by atoms with Crippen molar-refractivity contribution in [2.24, 2.45) is 5.73 Å². The van der Waals surface area contributed by atoms with Crippen molar-refractivity contribution in [2.75, 3.05) is 0 Å². The molecule has 0 aliphatic rings. The molecule has 0 fully saturated rings. The van der Waals surface area contributed by atoms with Crippen molar-refractivity contribution in [3.63, 3.8) is 0 Å². The zero-order valence-corrected chi connectivity index (χ0v) is 9.67. The Hall–Kier alpha value is -2.11. The predicted octanol–water partition coefficient (Wildman–Crippen LogP) is 1.55. The van der Waals surface area contributed by atoms with E-state index in [1.807, 2.05) is 0 Å². The SMILES string of the molecule is CCC(Oc1ccc(C)cc1[N+](=O)[O-])C(N)=O. The van der Waals surface area contributed by atoms with Gasteiger partial charge in [0, 0.05) is 6.07 Å². The number of nitrogens with two attached hydrogens (primary N) is 1. The summed E-state index contributed by atoms with van der Waals surface area (Å²) in [4.78, 5) is 21.3. The van der Waals surface area contributed by atoms with E-state index >= 15 is 0 Å². The molecule has 92 valence electrons. The zero-order valence-electron chi connectivity index (χ0n) is 9.67. The number of primary amides is 1. The van der Waals surface area contributed by atoms with E-state index in [9.17, 15) is 14.9 Å². The number of nitro benzene ring substituents is 1. The van der Waals surface area contributed by atoms with Gasteiger partial charge in [0.05, 0.1) is 4.92 Å². The summed E-state index contributed by atoms with van der Waals surface area (Å²) in [6.07, 6.45) is -0.489. The fourth-order valence-electron chi connectivity index (χ4n) is 1.37. The lowest BCUT2D eigenvalue weighted by Gasteiger charge is -2.14. The maximum atomic E-state index is 11.0. The Morgan fingerprint density at radius 3 is 2.71 bits per heavy atom. The van der Waals surface area contributed by atoms with Crippen LogP contribution in [0.3, 0.4) is 0 Å². The molecule has 2 N–H and O–H groups in total. The number of ether oxygens (including phenoxy) is 1. The van der Waals surface area contributed by atoms with Gasteiger partial charge < -0.3 is 10.5 Å². The summed E-state index contributed by atoms with van der Waals surface area (Å²) in [5.41, 5.74) is 5.70.